The van der Waals surface area contributed by atoms with Crippen molar-refractivity contribution in [2.75, 3.05) is 11.9 Å². The van der Waals surface area contributed by atoms with Crippen LogP contribution in [0.5, 0.6) is 0 Å². The summed E-state index contributed by atoms with van der Waals surface area (Å²) in [5.74, 6) is 5.50. The van der Waals surface area contributed by atoms with E-state index in [1.807, 2.05) is 13.0 Å². The molecule has 1 aromatic carbocycles. The van der Waals surface area contributed by atoms with Crippen LogP contribution in [0.3, 0.4) is 0 Å². The third-order valence-corrected chi connectivity index (χ3v) is 2.61. The highest BCUT2D eigenvalue weighted by Crippen LogP contribution is 2.11. The number of hydrogen-bond acceptors (Lipinski definition) is 4. The first kappa shape index (κ1) is 13.7. The predicted molar refractivity (Wildman–Crippen MR) is 75.1 cm³/mol. The first-order valence-electron chi connectivity index (χ1n) is 5.98. The molecule has 0 spiro atoms. The Kier molecular flexibility index (Phi) is 4.43. The Hall–Kier alpha value is -2.71. The van der Waals surface area contributed by atoms with E-state index in [4.69, 9.17) is 5.11 Å². The van der Waals surface area contributed by atoms with Gasteiger partial charge in [-0.3, -0.25) is 9.78 Å². The Morgan fingerprint density at radius 1 is 1.40 bits per heavy atom. The first-order chi connectivity index (χ1) is 9.70. The minimum atomic E-state index is -0.280. The van der Waals surface area contributed by atoms with Gasteiger partial charge in [-0.05, 0) is 24.6 Å². The maximum atomic E-state index is 12.1. The van der Waals surface area contributed by atoms with Crippen LogP contribution in [0.4, 0.5) is 5.82 Å². The molecule has 100 valence electrons. The fraction of sp³-hybridized carbons (Fsp3) is 0.133. The van der Waals surface area contributed by atoms with Crippen molar-refractivity contribution >= 4 is 11.7 Å². The summed E-state index contributed by atoms with van der Waals surface area (Å²) in [6, 6.07) is 5.21. The molecule has 0 aliphatic rings. The zero-order valence-corrected chi connectivity index (χ0v) is 10.9. The molecule has 1 aromatic heterocycles. The second-order valence-corrected chi connectivity index (χ2v) is 4.03. The Balaban J connectivity index is 2.22. The lowest BCUT2D eigenvalue weighted by molar-refractivity contribution is 0.102. The average molecular weight is 267 g/mol. The van der Waals surface area contributed by atoms with E-state index in [0.717, 1.165) is 5.56 Å². The number of anilines is 1. The van der Waals surface area contributed by atoms with Crippen LogP contribution in [0.2, 0.25) is 0 Å². The van der Waals surface area contributed by atoms with Gasteiger partial charge in [-0.1, -0.05) is 17.9 Å². The summed E-state index contributed by atoms with van der Waals surface area (Å²) < 4.78 is 0. The Morgan fingerprint density at radius 3 is 2.95 bits per heavy atom. The fourth-order valence-corrected chi connectivity index (χ4v) is 1.58. The molecule has 0 fully saturated rings. The first-order valence-corrected chi connectivity index (χ1v) is 5.98. The van der Waals surface area contributed by atoms with Crippen LogP contribution in [-0.4, -0.2) is 27.6 Å². The van der Waals surface area contributed by atoms with E-state index in [2.05, 4.69) is 27.1 Å². The van der Waals surface area contributed by atoms with E-state index in [9.17, 15) is 4.79 Å². The highest BCUT2D eigenvalue weighted by atomic mass is 16.2. The van der Waals surface area contributed by atoms with Crippen LogP contribution >= 0.6 is 0 Å². The molecule has 2 aromatic rings. The minimum Gasteiger partial charge on any atom is -0.384 e. The van der Waals surface area contributed by atoms with Crippen LogP contribution in [0.15, 0.2) is 36.8 Å². The third-order valence-electron chi connectivity index (χ3n) is 2.61. The number of carbonyl (C=O) groups excluding carboxylic acids is 1. The molecule has 0 aliphatic carbocycles. The molecule has 20 heavy (non-hydrogen) atoms. The lowest BCUT2D eigenvalue weighted by atomic mass is 10.0. The molecule has 1 amide bonds. The highest BCUT2D eigenvalue weighted by Gasteiger charge is 2.08. The molecule has 0 bridgehead atoms. The van der Waals surface area contributed by atoms with Crippen molar-refractivity contribution in [2.24, 2.45) is 0 Å². The van der Waals surface area contributed by atoms with Gasteiger partial charge in [0.05, 0.1) is 6.20 Å². The van der Waals surface area contributed by atoms with Crippen molar-refractivity contribution in [3.8, 4) is 11.8 Å². The summed E-state index contributed by atoms with van der Waals surface area (Å²) in [5, 5.41) is 11.4. The number of amides is 1. The van der Waals surface area contributed by atoms with Gasteiger partial charge in [-0.25, -0.2) is 4.98 Å². The fourth-order valence-electron chi connectivity index (χ4n) is 1.58. The summed E-state index contributed by atoms with van der Waals surface area (Å²) in [7, 11) is 0. The van der Waals surface area contributed by atoms with Gasteiger partial charge >= 0.3 is 0 Å². The number of hydrogen-bond donors (Lipinski definition) is 2. The number of aliphatic hydroxyl groups excluding tert-OH is 1. The topological polar surface area (TPSA) is 75.1 Å². The van der Waals surface area contributed by atoms with Gasteiger partial charge in [0.15, 0.2) is 5.82 Å². The molecule has 0 saturated carbocycles. The summed E-state index contributed by atoms with van der Waals surface area (Å²) >= 11 is 0. The summed E-state index contributed by atoms with van der Waals surface area (Å²) in [4.78, 5) is 19.9. The van der Waals surface area contributed by atoms with Gasteiger partial charge in [-0.2, -0.15) is 0 Å². The largest absolute Gasteiger partial charge is 0.384 e. The highest BCUT2D eigenvalue weighted by molar-refractivity contribution is 6.03. The maximum Gasteiger partial charge on any atom is 0.256 e. The zero-order chi connectivity index (χ0) is 14.4. The van der Waals surface area contributed by atoms with E-state index >= 15 is 0 Å². The zero-order valence-electron chi connectivity index (χ0n) is 10.9. The molecule has 0 atom stereocenters. The van der Waals surface area contributed by atoms with E-state index in [1.54, 1.807) is 12.1 Å². The molecule has 0 unspecified atom stereocenters. The number of aromatic nitrogens is 2. The summed E-state index contributed by atoms with van der Waals surface area (Å²) in [5.41, 5.74) is 2.14. The average Bonchev–Trinajstić information content (AvgIpc) is 2.47. The van der Waals surface area contributed by atoms with Crippen molar-refractivity contribution in [2.45, 2.75) is 6.92 Å². The van der Waals surface area contributed by atoms with Gasteiger partial charge < -0.3 is 10.4 Å². The standard InChI is InChI=1S/C15H13N3O2/c1-11-4-5-13(9-12(11)3-2-8-19)15(20)18-14-10-16-6-7-17-14/h4-7,9-10,19H,8H2,1H3,(H,17,18,20). The molecule has 0 aliphatic heterocycles. The lowest BCUT2D eigenvalue weighted by Gasteiger charge is -2.05. The second kappa shape index (κ2) is 6.45. The van der Waals surface area contributed by atoms with Gasteiger partial charge in [0.2, 0.25) is 0 Å². The number of carbonyl (C=O) groups is 1. The minimum absolute atomic E-state index is 0.213. The number of benzene rings is 1. The van der Waals surface area contributed by atoms with Crippen molar-refractivity contribution in [3.05, 3.63) is 53.5 Å². The molecule has 0 radical (unpaired) electrons. The normalized spacial score (nSPS) is 9.50. The quantitative estimate of drug-likeness (QED) is 0.806. The number of nitrogens with one attached hydrogen (secondary N) is 1. The number of aryl methyl sites for hydroxylation is 1. The molecular formula is C15H13N3O2. The van der Waals surface area contributed by atoms with Crippen LogP contribution in [-0.2, 0) is 0 Å². The van der Waals surface area contributed by atoms with Crippen molar-refractivity contribution in [1.82, 2.24) is 9.97 Å². The van der Waals surface area contributed by atoms with Gasteiger partial charge in [0, 0.05) is 23.5 Å². The van der Waals surface area contributed by atoms with Crippen LogP contribution < -0.4 is 5.32 Å². The SMILES string of the molecule is Cc1ccc(C(=O)Nc2cnccn2)cc1C#CCO. The van der Waals surface area contributed by atoms with Crippen LogP contribution in [0.1, 0.15) is 21.5 Å². The molecule has 2 rings (SSSR count). The Morgan fingerprint density at radius 2 is 2.25 bits per heavy atom. The summed E-state index contributed by atoms with van der Waals surface area (Å²) in [6.07, 6.45) is 4.51. The monoisotopic (exact) mass is 267 g/mol. The van der Waals surface area contributed by atoms with E-state index < -0.39 is 0 Å². The number of rotatable bonds is 2. The molecule has 2 N–H and O–H groups in total. The van der Waals surface area contributed by atoms with Crippen LogP contribution in [0.25, 0.3) is 0 Å². The van der Waals surface area contributed by atoms with Crippen molar-refractivity contribution < 1.29 is 9.90 Å². The maximum absolute atomic E-state index is 12.1. The predicted octanol–water partition coefficient (Wildman–Crippen LogP) is 1.38. The third kappa shape index (κ3) is 3.40. The van der Waals surface area contributed by atoms with E-state index in [1.165, 1.54) is 18.6 Å². The van der Waals surface area contributed by atoms with Gasteiger partial charge in [0.1, 0.15) is 6.61 Å². The van der Waals surface area contributed by atoms with E-state index in [-0.39, 0.29) is 12.5 Å². The Bertz CT molecular complexity index is 673. The smallest absolute Gasteiger partial charge is 0.256 e. The van der Waals surface area contributed by atoms with Crippen molar-refractivity contribution in [1.29, 1.82) is 0 Å². The van der Waals surface area contributed by atoms with E-state index in [0.29, 0.717) is 16.9 Å². The molecular weight excluding hydrogens is 254 g/mol. The van der Waals surface area contributed by atoms with Gasteiger partial charge in [-0.15, -0.1) is 0 Å². The summed E-state index contributed by atoms with van der Waals surface area (Å²) in [6.45, 7) is 1.68. The number of nitrogens with zero attached hydrogens (tertiary/aromatic N) is 2. The lowest BCUT2D eigenvalue weighted by Crippen LogP contribution is -2.13. The number of aliphatic hydroxyl groups is 1. The molecule has 0 saturated heterocycles. The van der Waals surface area contributed by atoms with Crippen LogP contribution in [0, 0.1) is 18.8 Å². The van der Waals surface area contributed by atoms with Gasteiger partial charge in [0.25, 0.3) is 5.91 Å². The molecule has 1 heterocycles. The van der Waals surface area contributed by atoms with Crippen molar-refractivity contribution in [3.63, 3.8) is 0 Å². The molecule has 5 nitrogen and oxygen atoms in total. The molecule has 5 heteroatoms. The Labute approximate surface area is 116 Å². The second-order valence-electron chi connectivity index (χ2n) is 4.03.